The number of nitrogens with zero attached hydrogens (tertiary/aromatic N) is 1. The molecular weight excluding hydrogens is 558 g/mol. The van der Waals surface area contributed by atoms with E-state index in [9.17, 15) is 19.8 Å². The lowest BCUT2D eigenvalue weighted by Crippen LogP contribution is -2.50. The van der Waals surface area contributed by atoms with Crippen LogP contribution in [-0.2, 0) is 6.54 Å². The molecule has 0 spiro atoms. The molecule has 1 aliphatic heterocycles. The van der Waals surface area contributed by atoms with Crippen LogP contribution in [-0.4, -0.2) is 56.2 Å². The van der Waals surface area contributed by atoms with E-state index in [1.165, 1.54) is 19.3 Å². The van der Waals surface area contributed by atoms with Gasteiger partial charge in [-0.2, -0.15) is 0 Å². The van der Waals surface area contributed by atoms with Crippen molar-refractivity contribution < 1.29 is 19.7 Å². The second-order valence-electron chi connectivity index (χ2n) is 12.5. The zero-order chi connectivity index (χ0) is 31.1. The summed E-state index contributed by atoms with van der Waals surface area (Å²) in [6.45, 7) is 1.96. The molecule has 1 aliphatic carbocycles. The van der Waals surface area contributed by atoms with E-state index in [-0.39, 0.29) is 12.0 Å². The molecule has 9 heteroatoms. The van der Waals surface area contributed by atoms with Crippen LogP contribution in [0.4, 0.5) is 11.4 Å². The minimum atomic E-state index is -0.782. The first-order chi connectivity index (χ1) is 21.4. The topological polar surface area (TPSA) is 120 Å². The molecule has 3 aromatic carbocycles. The van der Waals surface area contributed by atoms with Crippen molar-refractivity contribution in [1.29, 1.82) is 0 Å². The molecule has 44 heavy (non-hydrogen) atoms. The fourth-order valence-electron chi connectivity index (χ4n) is 6.96. The summed E-state index contributed by atoms with van der Waals surface area (Å²) in [5.41, 5.74) is 1.52. The Morgan fingerprint density at radius 3 is 2.30 bits per heavy atom. The largest absolute Gasteiger partial charge is 0.497 e. The lowest BCUT2D eigenvalue weighted by molar-refractivity contribution is 0.0981. The van der Waals surface area contributed by atoms with Gasteiger partial charge in [-0.3, -0.25) is 9.59 Å². The van der Waals surface area contributed by atoms with Crippen LogP contribution in [0.2, 0.25) is 0 Å². The van der Waals surface area contributed by atoms with Gasteiger partial charge in [0.25, 0.3) is 10.9 Å². The minimum absolute atomic E-state index is 0.0496. The van der Waals surface area contributed by atoms with Crippen molar-refractivity contribution in [3.8, 4) is 11.5 Å². The molecule has 0 amide bonds. The number of nitrogens with one attached hydrogen (secondary N) is 2. The number of benzene rings is 2. The summed E-state index contributed by atoms with van der Waals surface area (Å²) < 4.78 is 10.8. The van der Waals surface area contributed by atoms with Crippen LogP contribution >= 0.6 is 0 Å². The van der Waals surface area contributed by atoms with E-state index >= 15 is 0 Å². The predicted octanol–water partition coefficient (Wildman–Crippen LogP) is 4.15. The fraction of sp³-hybridized carbons (Fsp3) is 0.543. The molecule has 2 aliphatic rings. The van der Waals surface area contributed by atoms with Crippen LogP contribution in [0.15, 0.2) is 58.1 Å². The summed E-state index contributed by atoms with van der Waals surface area (Å²) in [7, 11) is 3.23. The molecule has 1 saturated carbocycles. The third kappa shape index (κ3) is 7.62. The summed E-state index contributed by atoms with van der Waals surface area (Å²) >= 11 is 0. The van der Waals surface area contributed by atoms with Crippen molar-refractivity contribution >= 4 is 11.4 Å². The summed E-state index contributed by atoms with van der Waals surface area (Å²) in [5, 5.41) is 29.2. The first-order valence-corrected chi connectivity index (χ1v) is 16.1. The Balaban J connectivity index is 1.28. The maximum absolute atomic E-state index is 13.0. The average molecular weight is 606 g/mol. The number of anilines is 2. The van der Waals surface area contributed by atoms with Gasteiger partial charge < -0.3 is 35.2 Å². The highest BCUT2D eigenvalue weighted by atomic mass is 16.5. The summed E-state index contributed by atoms with van der Waals surface area (Å²) in [5.74, 6) is 1.80. The molecule has 5 rings (SSSR count). The van der Waals surface area contributed by atoms with E-state index in [2.05, 4.69) is 10.6 Å². The predicted molar refractivity (Wildman–Crippen MR) is 174 cm³/mol. The van der Waals surface area contributed by atoms with E-state index in [1.807, 2.05) is 53.4 Å². The van der Waals surface area contributed by atoms with Gasteiger partial charge in [-0.05, 0) is 48.4 Å². The standard InChI is InChI=1S/C35H47N3O6/c1-43-27-16-24(17-28(19-27)44-2)20-36-21-30(39)29(18-23-10-5-3-6-11-23)37-31-32(35(42)34(31)41)38-15-9-14-26(22-38)33(40)25-12-7-4-8-13-25/h4,7-8,12-13,16-17,19,23,26,29-30,33,36-37,39-40H,3,5-6,9-11,14-15,18,20-22H2,1-2H3/t26-,29+,30+,33?/m1/s1. The van der Waals surface area contributed by atoms with Crippen LogP contribution < -0.4 is 35.9 Å². The molecular formula is C35H47N3O6. The quantitative estimate of drug-likeness (QED) is 0.201. The number of aliphatic hydroxyl groups is 2. The molecule has 1 saturated heterocycles. The number of hydrogen-bond donors (Lipinski definition) is 4. The minimum Gasteiger partial charge on any atom is -0.497 e. The van der Waals surface area contributed by atoms with Gasteiger partial charge in [0.15, 0.2) is 0 Å². The molecule has 3 aromatic rings. The van der Waals surface area contributed by atoms with Gasteiger partial charge in [-0.15, -0.1) is 0 Å². The third-order valence-electron chi connectivity index (χ3n) is 9.45. The van der Waals surface area contributed by atoms with E-state index < -0.39 is 23.1 Å². The molecule has 9 nitrogen and oxygen atoms in total. The molecule has 0 aromatic heterocycles. The average Bonchev–Trinajstić information content (AvgIpc) is 3.07. The maximum atomic E-state index is 13.0. The molecule has 1 heterocycles. The van der Waals surface area contributed by atoms with Crippen LogP contribution in [0.25, 0.3) is 0 Å². The zero-order valence-corrected chi connectivity index (χ0v) is 26.0. The lowest BCUT2D eigenvalue weighted by Gasteiger charge is -2.38. The molecule has 4 N–H and O–H groups in total. The number of aliphatic hydroxyl groups excluding tert-OH is 2. The fourth-order valence-corrected chi connectivity index (χ4v) is 6.96. The Morgan fingerprint density at radius 2 is 1.61 bits per heavy atom. The Labute approximate surface area is 259 Å². The number of rotatable bonds is 14. The number of hydrogen-bond acceptors (Lipinski definition) is 9. The zero-order valence-electron chi connectivity index (χ0n) is 26.0. The Hall–Kier alpha value is -3.40. The van der Waals surface area contributed by atoms with Crippen molar-refractivity contribution in [2.45, 2.75) is 76.2 Å². The molecule has 1 unspecified atom stereocenters. The monoisotopic (exact) mass is 605 g/mol. The highest BCUT2D eigenvalue weighted by molar-refractivity contribution is 5.75. The van der Waals surface area contributed by atoms with Gasteiger partial charge >= 0.3 is 0 Å². The molecule has 0 radical (unpaired) electrons. The van der Waals surface area contributed by atoms with Gasteiger partial charge in [0.1, 0.15) is 22.9 Å². The SMILES string of the molecule is COc1cc(CNC[C@H](O)[C@H](CC2CCCCC2)Nc2c(N3CCC[C@@H](C(O)c4ccccc4)C3)c(=O)c2=O)cc(OC)c1. The second-order valence-corrected chi connectivity index (χ2v) is 12.5. The van der Waals surface area contributed by atoms with Crippen LogP contribution in [0.3, 0.4) is 0 Å². The van der Waals surface area contributed by atoms with E-state index in [4.69, 9.17) is 9.47 Å². The molecule has 4 atom stereocenters. The van der Waals surface area contributed by atoms with E-state index in [1.54, 1.807) is 14.2 Å². The molecule has 238 valence electrons. The van der Waals surface area contributed by atoms with E-state index in [0.29, 0.717) is 55.0 Å². The molecule has 2 fully saturated rings. The number of piperidine rings is 1. The van der Waals surface area contributed by atoms with Crippen molar-refractivity contribution in [1.82, 2.24) is 5.32 Å². The van der Waals surface area contributed by atoms with Crippen molar-refractivity contribution in [2.75, 3.05) is 44.1 Å². The number of ether oxygens (including phenoxy) is 2. The Morgan fingerprint density at radius 1 is 0.909 bits per heavy atom. The second kappa shape index (κ2) is 15.1. The highest BCUT2D eigenvalue weighted by Crippen LogP contribution is 2.34. The van der Waals surface area contributed by atoms with Gasteiger partial charge in [-0.1, -0.05) is 62.4 Å². The van der Waals surface area contributed by atoms with Crippen LogP contribution in [0, 0.1) is 11.8 Å². The van der Waals surface area contributed by atoms with Crippen molar-refractivity contribution in [2.24, 2.45) is 11.8 Å². The van der Waals surface area contributed by atoms with Gasteiger partial charge in [0.05, 0.1) is 32.5 Å². The maximum Gasteiger partial charge on any atom is 0.253 e. The van der Waals surface area contributed by atoms with Crippen molar-refractivity contribution in [3.63, 3.8) is 0 Å². The van der Waals surface area contributed by atoms with Crippen molar-refractivity contribution in [3.05, 3.63) is 80.1 Å². The van der Waals surface area contributed by atoms with Crippen LogP contribution in [0.5, 0.6) is 11.5 Å². The lowest BCUT2D eigenvalue weighted by atomic mass is 9.83. The third-order valence-corrected chi connectivity index (χ3v) is 9.45. The normalized spacial score (nSPS) is 19.8. The summed E-state index contributed by atoms with van der Waals surface area (Å²) in [6, 6.07) is 14.9. The summed E-state index contributed by atoms with van der Waals surface area (Å²) in [4.78, 5) is 27.9. The highest BCUT2D eigenvalue weighted by Gasteiger charge is 2.35. The Bertz CT molecular complexity index is 1390. The van der Waals surface area contributed by atoms with Gasteiger partial charge in [-0.25, -0.2) is 0 Å². The Kier molecular flexibility index (Phi) is 11.0. The van der Waals surface area contributed by atoms with Gasteiger partial charge in [0, 0.05) is 38.2 Å². The first kappa shape index (κ1) is 32.0. The molecule has 0 bridgehead atoms. The smallest absolute Gasteiger partial charge is 0.253 e. The van der Waals surface area contributed by atoms with E-state index in [0.717, 1.165) is 43.2 Å². The van der Waals surface area contributed by atoms with Crippen LogP contribution in [0.1, 0.15) is 68.6 Å². The number of methoxy groups -OCH3 is 2. The first-order valence-electron chi connectivity index (χ1n) is 16.1. The summed E-state index contributed by atoms with van der Waals surface area (Å²) in [6.07, 6.45) is 6.76. The van der Waals surface area contributed by atoms with Gasteiger partial charge in [0.2, 0.25) is 0 Å².